The maximum atomic E-state index is 12.0. The Labute approximate surface area is 463 Å². The van der Waals surface area contributed by atoms with Gasteiger partial charge in [-0.25, -0.2) is 76.2 Å². The van der Waals surface area contributed by atoms with Gasteiger partial charge < -0.3 is 9.64 Å². The highest BCUT2D eigenvalue weighted by atomic mass is 32.2. The summed E-state index contributed by atoms with van der Waals surface area (Å²) in [7, 11) is -4.24. The van der Waals surface area contributed by atoms with Crippen LogP contribution in [0.15, 0.2) is 106 Å². The number of thioether (sulfide) groups is 1. The van der Waals surface area contributed by atoms with E-state index in [1.165, 1.54) is 47.5 Å². The molecule has 1 unspecified atom stereocenters. The van der Waals surface area contributed by atoms with Crippen molar-refractivity contribution in [1.29, 1.82) is 0 Å². The van der Waals surface area contributed by atoms with Crippen molar-refractivity contribution in [3.8, 4) is 5.75 Å². The van der Waals surface area contributed by atoms with Gasteiger partial charge in [-0.1, -0.05) is 87.4 Å². The number of aromatic nitrogens is 10. The fraction of sp³-hybridized carbons (Fsp3) is 0.472. The topological polar surface area (TPSA) is 276 Å². The Kier molecular flexibility index (Phi) is 16.7. The molecular weight excluding hydrogens is 1070 g/mol. The van der Waals surface area contributed by atoms with Crippen LogP contribution in [0.4, 0.5) is 10.5 Å². The van der Waals surface area contributed by atoms with Gasteiger partial charge in [-0.15, -0.1) is 11.8 Å². The van der Waals surface area contributed by atoms with Gasteiger partial charge in [-0.3, -0.25) is 13.9 Å². The number of fused-ring (bicyclic) bond motifs is 6. The van der Waals surface area contributed by atoms with E-state index in [-0.39, 0.29) is 49.4 Å². The molecule has 78 heavy (non-hydrogen) atoms. The Hall–Kier alpha value is -6.44. The molecule has 6 aromatic rings. The third-order valence-electron chi connectivity index (χ3n) is 13.5. The van der Waals surface area contributed by atoms with Gasteiger partial charge in [0.25, 0.3) is 10.0 Å². The van der Waals surface area contributed by atoms with Gasteiger partial charge in [0, 0.05) is 88.4 Å². The monoisotopic (exact) mass is 1140 g/mol. The molecule has 3 amide bonds. The molecule has 0 aliphatic carbocycles. The van der Waals surface area contributed by atoms with Gasteiger partial charge in [0.2, 0.25) is 5.91 Å². The average molecular weight is 1140 g/mol. The van der Waals surface area contributed by atoms with E-state index in [1.54, 1.807) is 57.9 Å². The van der Waals surface area contributed by atoms with Crippen molar-refractivity contribution in [2.45, 2.75) is 135 Å². The van der Waals surface area contributed by atoms with Crippen LogP contribution in [-0.2, 0) is 67.9 Å². The maximum absolute atomic E-state index is 12.0. The minimum atomic E-state index is -3.79. The van der Waals surface area contributed by atoms with Gasteiger partial charge in [0.1, 0.15) is 41.4 Å². The third-order valence-corrected chi connectivity index (χ3v) is 20.2. The van der Waals surface area contributed by atoms with Crippen molar-refractivity contribution in [2.24, 2.45) is 0 Å². The molecule has 11 heterocycles. The van der Waals surface area contributed by atoms with E-state index < -0.39 is 42.0 Å². The molecule has 1 N–H and O–H groups in total. The molecule has 6 aliphatic rings. The van der Waals surface area contributed by atoms with Gasteiger partial charge in [-0.2, -0.15) is 0 Å². The highest BCUT2D eigenvalue weighted by molar-refractivity contribution is 7.99. The Morgan fingerprint density at radius 2 is 1.21 bits per heavy atom. The van der Waals surface area contributed by atoms with Gasteiger partial charge in [-0.05, 0) is 25.5 Å². The first-order chi connectivity index (χ1) is 36.2. The van der Waals surface area contributed by atoms with Crippen LogP contribution in [0.3, 0.4) is 0 Å². The highest BCUT2D eigenvalue weighted by Crippen LogP contribution is 2.43. The first-order valence-electron chi connectivity index (χ1n) is 24.8. The smallest absolute Gasteiger partial charge is 0.323 e. The summed E-state index contributed by atoms with van der Waals surface area (Å²) in [6, 6.07) is 8.20. The second-order valence-corrected chi connectivity index (χ2v) is 29.3. The zero-order valence-corrected chi connectivity index (χ0v) is 49.6. The fourth-order valence-electron chi connectivity index (χ4n) is 9.31. The molecule has 12 rings (SSSR count). The number of sulfonamides is 1. The number of rotatable bonds is 0. The summed E-state index contributed by atoms with van der Waals surface area (Å²) in [6.07, 6.45) is 15.2. The van der Waals surface area contributed by atoms with Crippen molar-refractivity contribution in [3.05, 3.63) is 121 Å². The minimum absolute atomic E-state index is 0.0328. The summed E-state index contributed by atoms with van der Waals surface area (Å²) in [5.41, 5.74) is 5.30. The predicted molar refractivity (Wildman–Crippen MR) is 296 cm³/mol. The lowest BCUT2D eigenvalue weighted by Gasteiger charge is -2.29. The maximum Gasteiger partial charge on any atom is 0.323 e. The van der Waals surface area contributed by atoms with Crippen LogP contribution < -0.4 is 14.4 Å². The first-order valence-corrected chi connectivity index (χ1v) is 30.2. The summed E-state index contributed by atoms with van der Waals surface area (Å²) in [4.78, 5) is 69.0. The Morgan fingerprint density at radius 1 is 0.654 bits per heavy atom. The fourth-order valence-corrected chi connectivity index (χ4v) is 15.7. The van der Waals surface area contributed by atoms with E-state index in [4.69, 9.17) is 4.74 Å². The molecule has 1 aromatic carbocycles. The van der Waals surface area contributed by atoms with Gasteiger partial charge in [0.05, 0.1) is 74.3 Å². The molecule has 0 spiro atoms. The van der Waals surface area contributed by atoms with Crippen LogP contribution in [0.25, 0.3) is 0 Å². The molecule has 1 atom stereocenters. The lowest BCUT2D eigenvalue weighted by molar-refractivity contribution is -0.124. The third kappa shape index (κ3) is 12.4. The number of anilines is 1. The number of benzene rings is 1. The predicted octanol–water partition coefficient (Wildman–Crippen LogP) is 6.46. The number of nitrogens with zero attached hydrogens (tertiary/aromatic N) is 12. The summed E-state index contributed by atoms with van der Waals surface area (Å²) in [5.74, 6) is 2.18. The lowest BCUT2D eigenvalue weighted by Crippen LogP contribution is -2.49. The van der Waals surface area contributed by atoms with Crippen molar-refractivity contribution in [2.75, 3.05) is 49.4 Å². The molecule has 0 saturated heterocycles. The standard InChI is InChI=1S/C13H18N2O.C8H9N3O3S.C8H10N2O2S.C8H10N2OS.C8H10N2O.C8H10N2S/c1-13(2)9-15(12(16)14(3)4)11-8-6-5-7-10(11)13;1-8(2)6-5(3-9-4-10-6)15(13,14)11-7(8)12;1-8(2)4-13(11,12)6-3-9-5-10-7(6)8;1-8(2)4-12(11)6-3-9-5-10-7(6)8;2*1-8(2)4-11-6-3-9-5-10-7(6)8/h5-8H,9H2,1-4H3;3-4H,1-2H3,(H,11,12);3,5H,4H2,1-2H3;3,5H,4H2,1-2H3;2*3,5H,4H2,1-2H3. The molecule has 0 fully saturated rings. The van der Waals surface area contributed by atoms with Crippen molar-refractivity contribution >= 4 is 60.0 Å². The molecule has 5 aromatic heterocycles. The zero-order valence-electron chi connectivity index (χ0n) is 46.4. The quantitative estimate of drug-likeness (QED) is 0.171. The van der Waals surface area contributed by atoms with Crippen LogP contribution in [-0.4, -0.2) is 132 Å². The number of hydrogen-bond donors (Lipinski definition) is 1. The molecule has 21 nitrogen and oxygen atoms in total. The molecule has 6 aliphatic heterocycles. The number of urea groups is 1. The van der Waals surface area contributed by atoms with E-state index in [0.29, 0.717) is 22.9 Å². The molecule has 0 saturated carbocycles. The molecule has 0 bridgehead atoms. The number of para-hydroxylation sites is 1. The van der Waals surface area contributed by atoms with Crippen molar-refractivity contribution < 1.29 is 35.4 Å². The number of carbonyl (C=O) groups is 2. The number of carbonyl (C=O) groups excluding carboxylic acids is 2. The molecule has 416 valence electrons. The largest absolute Gasteiger partial charge is 0.489 e. The zero-order chi connectivity index (χ0) is 57.4. The first kappa shape index (κ1) is 59.2. The van der Waals surface area contributed by atoms with Crippen LogP contribution >= 0.6 is 11.8 Å². The summed E-state index contributed by atoms with van der Waals surface area (Å²) in [5, 5.41) is 0. The van der Waals surface area contributed by atoms with Gasteiger partial charge in [0.15, 0.2) is 15.6 Å². The van der Waals surface area contributed by atoms with E-state index in [2.05, 4.69) is 111 Å². The van der Waals surface area contributed by atoms with Gasteiger partial charge >= 0.3 is 6.03 Å². The van der Waals surface area contributed by atoms with Crippen LogP contribution in [0, 0.1) is 0 Å². The Morgan fingerprint density at radius 3 is 1.81 bits per heavy atom. The van der Waals surface area contributed by atoms with Crippen molar-refractivity contribution in [3.63, 3.8) is 0 Å². The number of ether oxygens (including phenoxy) is 1. The number of nitrogens with one attached hydrogen (secondary N) is 1. The Balaban J connectivity index is 0.000000136. The lowest BCUT2D eigenvalue weighted by atomic mass is 9.87. The van der Waals surface area contributed by atoms with E-state index in [0.717, 1.165) is 40.0 Å². The summed E-state index contributed by atoms with van der Waals surface area (Å²) >= 11 is 1.85. The van der Waals surface area contributed by atoms with E-state index in [9.17, 15) is 30.6 Å². The van der Waals surface area contributed by atoms with E-state index in [1.807, 2.05) is 59.6 Å². The summed E-state index contributed by atoms with van der Waals surface area (Å²) in [6.45, 7) is 25.6. The second-order valence-electron chi connectivity index (χ2n) is 23.3. The normalized spacial score (nSPS) is 20.8. The van der Waals surface area contributed by atoms with Crippen LogP contribution in [0.2, 0.25) is 0 Å². The van der Waals surface area contributed by atoms with Crippen LogP contribution in [0.1, 0.15) is 117 Å². The molecule has 0 radical (unpaired) electrons. The summed E-state index contributed by atoms with van der Waals surface area (Å²) < 4.78 is 65.2. The molecular formula is C53H67N13O8S4. The van der Waals surface area contributed by atoms with Crippen LogP contribution in [0.5, 0.6) is 5.75 Å². The highest BCUT2D eigenvalue weighted by Gasteiger charge is 2.45. The number of sulfone groups is 1. The SMILES string of the molecule is CC1(C)C(=O)NS(=O)(=O)c2cncnc21.CC1(C)COc2cncnc21.CC1(C)CS(=O)(=O)c2cncnc21.CC1(C)CS(=O)c2cncnc21.CC1(C)CSc2cncnc21.CN(C)C(=O)N1CC(C)(C)c2ccccc21. The Bertz CT molecular complexity index is 3440. The van der Waals surface area contributed by atoms with Crippen molar-refractivity contribution in [1.82, 2.24) is 59.5 Å². The van der Waals surface area contributed by atoms with E-state index >= 15 is 0 Å². The molecule has 25 heteroatoms. The second kappa shape index (κ2) is 22.0. The minimum Gasteiger partial charge on any atom is -0.489 e. The average Bonchev–Trinajstić information content (AvgIpc) is 4.10. The number of amides is 3. The number of hydrogen-bond acceptors (Lipinski definition) is 19.